The van der Waals surface area contributed by atoms with E-state index in [1.54, 1.807) is 6.20 Å². The number of hydrogen-bond acceptors (Lipinski definition) is 3. The molecule has 3 rings (SSSR count). The van der Waals surface area contributed by atoms with E-state index < -0.39 is 0 Å². The molecule has 0 unspecified atom stereocenters. The van der Waals surface area contributed by atoms with Gasteiger partial charge >= 0.3 is 0 Å². The summed E-state index contributed by atoms with van der Waals surface area (Å²) in [4.78, 5) is 8.49. The summed E-state index contributed by atoms with van der Waals surface area (Å²) in [6.45, 7) is 0.731. The van der Waals surface area contributed by atoms with Crippen LogP contribution in [0.2, 0.25) is 0 Å². The molecule has 7 N–H and O–H groups in total. The molecule has 1 aromatic carbocycles. The van der Waals surface area contributed by atoms with Crippen molar-refractivity contribution >= 4 is 50.6 Å². The zero-order valence-corrected chi connectivity index (χ0v) is 15.6. The highest BCUT2D eigenvalue weighted by Gasteiger charge is 2.00. The molecule has 23 heavy (non-hydrogen) atoms. The lowest BCUT2D eigenvalue weighted by Crippen LogP contribution is -2.01. The van der Waals surface area contributed by atoms with E-state index in [1.807, 2.05) is 42.7 Å². The Kier molecular flexibility index (Phi) is 14.8. The van der Waals surface area contributed by atoms with Crippen molar-refractivity contribution in [3.05, 3.63) is 66.6 Å². The van der Waals surface area contributed by atoms with E-state index in [0.717, 1.165) is 23.3 Å². The lowest BCUT2D eigenvalue weighted by Gasteiger charge is -2.08. The number of rotatable bonds is 3. The lowest BCUT2D eigenvalue weighted by molar-refractivity contribution is 0.823. The van der Waals surface area contributed by atoms with Crippen LogP contribution in [0.4, 0.5) is 5.82 Å². The summed E-state index contributed by atoms with van der Waals surface area (Å²) in [5, 5.41) is 5.69. The minimum Gasteiger partial charge on any atom is -0.412 e. The van der Waals surface area contributed by atoms with Crippen LogP contribution in [0.15, 0.2) is 61.1 Å². The Morgan fingerprint density at radius 2 is 1.57 bits per heavy atom. The van der Waals surface area contributed by atoms with Gasteiger partial charge in [-0.15, -0.1) is 34.0 Å². The van der Waals surface area contributed by atoms with Crippen LogP contribution in [0.25, 0.3) is 10.8 Å². The van der Waals surface area contributed by atoms with Gasteiger partial charge in [0.25, 0.3) is 0 Å². The normalized spacial score (nSPS) is 8.17. The fraction of sp³-hybridized carbons (Fsp3) is 0.0667. The number of nitrogens with one attached hydrogen (secondary N) is 1. The van der Waals surface area contributed by atoms with Crippen molar-refractivity contribution < 1.29 is 16.4 Å². The van der Waals surface area contributed by atoms with Crippen molar-refractivity contribution in [3.8, 4) is 0 Å². The summed E-state index contributed by atoms with van der Waals surface area (Å²) in [6.07, 6.45) is 5.46. The molecule has 0 radical (unpaired) electrons. The highest BCUT2D eigenvalue weighted by atomic mass is 79.9. The summed E-state index contributed by atoms with van der Waals surface area (Å²) in [5.41, 5.74) is 1.15. The first kappa shape index (κ1) is 26.3. The maximum Gasteiger partial charge on any atom is 0.134 e. The zero-order valence-electron chi connectivity index (χ0n) is 12.2. The Morgan fingerprint density at radius 3 is 2.26 bits per heavy atom. The maximum atomic E-state index is 4.39. The number of hydrogen-bond donors (Lipinski definition) is 1. The molecule has 2 aromatic heterocycles. The quantitative estimate of drug-likeness (QED) is 0.653. The predicted molar refractivity (Wildman–Crippen MR) is 105 cm³/mol. The van der Waals surface area contributed by atoms with Crippen LogP contribution in [-0.4, -0.2) is 26.4 Å². The van der Waals surface area contributed by atoms with Gasteiger partial charge in [0.15, 0.2) is 0 Å². The molecule has 128 valence electrons. The van der Waals surface area contributed by atoms with Gasteiger partial charge in [0, 0.05) is 30.5 Å². The monoisotopic (exact) mass is 449 g/mol. The Labute approximate surface area is 155 Å². The third-order valence-corrected chi connectivity index (χ3v) is 2.86. The Morgan fingerprint density at radius 1 is 0.826 bits per heavy atom. The van der Waals surface area contributed by atoms with Gasteiger partial charge in [0.05, 0.1) is 0 Å². The van der Waals surface area contributed by atoms with E-state index in [0.29, 0.717) is 0 Å². The third kappa shape index (κ3) is 6.59. The van der Waals surface area contributed by atoms with Gasteiger partial charge in [-0.25, -0.2) is 4.98 Å². The van der Waals surface area contributed by atoms with E-state index in [4.69, 9.17) is 0 Å². The molecule has 3 aromatic rings. The van der Waals surface area contributed by atoms with Crippen LogP contribution in [0, 0.1) is 0 Å². The fourth-order valence-corrected chi connectivity index (χ4v) is 1.95. The number of fused-ring (bicyclic) bond motifs is 1. The standard InChI is InChI=1S/C15H13N3.2BrH.3H2O/c1-2-6-14-13(5-1)7-9-17-15(14)18-11-12-4-3-8-16-10-12;;;;;/h1-10H,11H2,(H,17,18);2*1H;3*1H2. The molecule has 0 saturated heterocycles. The fourth-order valence-electron chi connectivity index (χ4n) is 1.95. The smallest absolute Gasteiger partial charge is 0.134 e. The highest BCUT2D eigenvalue weighted by Crippen LogP contribution is 2.20. The first-order valence-electron chi connectivity index (χ1n) is 5.90. The first-order chi connectivity index (χ1) is 8.93. The minimum atomic E-state index is 0. The van der Waals surface area contributed by atoms with Crippen LogP contribution < -0.4 is 5.32 Å². The average molecular weight is 451 g/mol. The number of halogens is 2. The van der Waals surface area contributed by atoms with Crippen LogP contribution in [0.1, 0.15) is 5.56 Å². The SMILES string of the molecule is Br.Br.O.O.O.c1cncc(CNc2nccc3ccccc23)c1. The number of pyridine rings is 2. The average Bonchev–Trinajstić information content (AvgIpc) is 2.46. The molecular weight excluding hydrogens is 430 g/mol. The Balaban J connectivity index is -0.000000800. The summed E-state index contributed by atoms with van der Waals surface area (Å²) in [6, 6.07) is 14.2. The summed E-state index contributed by atoms with van der Waals surface area (Å²) >= 11 is 0. The molecule has 0 aliphatic carbocycles. The van der Waals surface area contributed by atoms with Gasteiger partial charge in [-0.2, -0.15) is 0 Å². The molecule has 6 nitrogen and oxygen atoms in total. The maximum absolute atomic E-state index is 4.39. The van der Waals surface area contributed by atoms with E-state index >= 15 is 0 Å². The molecule has 0 atom stereocenters. The van der Waals surface area contributed by atoms with E-state index in [2.05, 4.69) is 27.4 Å². The molecule has 0 saturated carbocycles. The Bertz CT molecular complexity index is 667. The number of benzene rings is 1. The predicted octanol–water partition coefficient (Wildman–Crippen LogP) is 1.92. The van der Waals surface area contributed by atoms with Gasteiger partial charge in [-0.1, -0.05) is 30.3 Å². The molecule has 2 heterocycles. The zero-order chi connectivity index (χ0) is 12.2. The van der Waals surface area contributed by atoms with Gasteiger partial charge in [-0.05, 0) is 23.1 Å². The molecular formula is C15H21Br2N3O3. The number of nitrogens with zero attached hydrogens (tertiary/aromatic N) is 2. The van der Waals surface area contributed by atoms with Crippen molar-refractivity contribution in [1.29, 1.82) is 0 Å². The lowest BCUT2D eigenvalue weighted by atomic mass is 10.1. The molecule has 0 aliphatic heterocycles. The molecule has 0 spiro atoms. The summed E-state index contributed by atoms with van der Waals surface area (Å²) in [5.74, 6) is 0.914. The second-order valence-electron chi connectivity index (χ2n) is 4.10. The van der Waals surface area contributed by atoms with E-state index in [1.165, 1.54) is 5.39 Å². The summed E-state index contributed by atoms with van der Waals surface area (Å²) < 4.78 is 0. The second kappa shape index (κ2) is 12.9. The van der Waals surface area contributed by atoms with Gasteiger partial charge in [-0.3, -0.25) is 4.98 Å². The van der Waals surface area contributed by atoms with Crippen LogP contribution in [0.3, 0.4) is 0 Å². The van der Waals surface area contributed by atoms with Crippen molar-refractivity contribution in [2.24, 2.45) is 0 Å². The largest absolute Gasteiger partial charge is 0.412 e. The van der Waals surface area contributed by atoms with E-state index in [-0.39, 0.29) is 50.4 Å². The van der Waals surface area contributed by atoms with Crippen molar-refractivity contribution in [3.63, 3.8) is 0 Å². The number of anilines is 1. The minimum absolute atomic E-state index is 0. The second-order valence-corrected chi connectivity index (χ2v) is 4.10. The molecule has 8 heteroatoms. The van der Waals surface area contributed by atoms with Crippen LogP contribution in [0.5, 0.6) is 0 Å². The van der Waals surface area contributed by atoms with Gasteiger partial charge in [0.1, 0.15) is 5.82 Å². The van der Waals surface area contributed by atoms with Crippen molar-refractivity contribution in [2.45, 2.75) is 6.54 Å². The summed E-state index contributed by atoms with van der Waals surface area (Å²) in [7, 11) is 0. The third-order valence-electron chi connectivity index (χ3n) is 2.86. The molecule has 0 bridgehead atoms. The molecule has 0 fully saturated rings. The Hall–Kier alpha value is -1.58. The first-order valence-corrected chi connectivity index (χ1v) is 5.90. The highest BCUT2D eigenvalue weighted by molar-refractivity contribution is 8.93. The van der Waals surface area contributed by atoms with Crippen molar-refractivity contribution in [1.82, 2.24) is 9.97 Å². The van der Waals surface area contributed by atoms with E-state index in [9.17, 15) is 0 Å². The molecule has 0 aliphatic rings. The van der Waals surface area contributed by atoms with Crippen LogP contribution in [-0.2, 0) is 6.54 Å². The van der Waals surface area contributed by atoms with Gasteiger partial charge < -0.3 is 21.7 Å². The van der Waals surface area contributed by atoms with Crippen molar-refractivity contribution in [2.75, 3.05) is 5.32 Å². The topological polar surface area (TPSA) is 132 Å². The van der Waals surface area contributed by atoms with Crippen LogP contribution >= 0.6 is 34.0 Å². The van der Waals surface area contributed by atoms with Gasteiger partial charge in [0.2, 0.25) is 0 Å². The molecule has 0 amide bonds. The number of aromatic nitrogens is 2.